The Morgan fingerprint density at radius 2 is 2.11 bits per heavy atom. The van der Waals surface area contributed by atoms with Crippen LogP contribution in [0.15, 0.2) is 64.7 Å². The third kappa shape index (κ3) is 3.21. The van der Waals surface area contributed by atoms with Crippen LogP contribution in [0, 0.1) is 6.92 Å². The number of aryl methyl sites for hydroxylation is 1. The molecule has 2 rings (SSSR count). The lowest BCUT2D eigenvalue weighted by atomic mass is 9.98. The van der Waals surface area contributed by atoms with Gasteiger partial charge in [-0.15, -0.1) is 12.6 Å². The maximum atomic E-state index is 5.69. The van der Waals surface area contributed by atoms with Crippen molar-refractivity contribution in [2.45, 2.75) is 25.2 Å². The first-order chi connectivity index (χ1) is 8.97. The fraction of sp³-hybridized carbons (Fsp3) is 0.176. The van der Waals surface area contributed by atoms with Gasteiger partial charge < -0.3 is 5.73 Å². The van der Waals surface area contributed by atoms with Crippen molar-refractivity contribution in [2.24, 2.45) is 5.73 Å². The largest absolute Gasteiger partial charge is 0.399 e. The van der Waals surface area contributed by atoms with Crippen molar-refractivity contribution < 1.29 is 0 Å². The van der Waals surface area contributed by atoms with Gasteiger partial charge in [0.25, 0.3) is 0 Å². The molecule has 0 unspecified atom stereocenters. The second kappa shape index (κ2) is 5.54. The van der Waals surface area contributed by atoms with E-state index in [-0.39, 0.29) is 0 Å². The Kier molecular flexibility index (Phi) is 4.01. The Morgan fingerprint density at radius 1 is 1.37 bits per heavy atom. The van der Waals surface area contributed by atoms with Crippen LogP contribution in [0.2, 0.25) is 0 Å². The van der Waals surface area contributed by atoms with Gasteiger partial charge in [0.05, 0.1) is 0 Å². The summed E-state index contributed by atoms with van der Waals surface area (Å²) >= 11 is 4.36. The molecule has 0 spiro atoms. The second-order valence-corrected chi connectivity index (χ2v) is 5.48. The SMILES string of the molecule is C=C(N)/C(C)=C\C1=CC=C(c2ccc(S)cc2C)C1. The van der Waals surface area contributed by atoms with E-state index in [0.29, 0.717) is 5.70 Å². The van der Waals surface area contributed by atoms with E-state index >= 15 is 0 Å². The molecule has 0 saturated heterocycles. The van der Waals surface area contributed by atoms with Gasteiger partial charge in [-0.1, -0.05) is 30.9 Å². The van der Waals surface area contributed by atoms with Crippen LogP contribution < -0.4 is 5.73 Å². The first-order valence-electron chi connectivity index (χ1n) is 6.30. The minimum Gasteiger partial charge on any atom is -0.399 e. The predicted molar refractivity (Wildman–Crippen MR) is 86.2 cm³/mol. The van der Waals surface area contributed by atoms with E-state index in [2.05, 4.69) is 56.5 Å². The lowest BCUT2D eigenvalue weighted by molar-refractivity contribution is 1.25. The number of nitrogens with two attached hydrogens (primary N) is 1. The van der Waals surface area contributed by atoms with Crippen LogP contribution in [0.1, 0.15) is 24.5 Å². The molecule has 1 nitrogen and oxygen atoms in total. The smallest absolute Gasteiger partial charge is 0.0270 e. The quantitative estimate of drug-likeness (QED) is 0.616. The summed E-state index contributed by atoms with van der Waals surface area (Å²) in [6.07, 6.45) is 7.38. The summed E-state index contributed by atoms with van der Waals surface area (Å²) in [4.78, 5) is 1.00. The molecule has 1 aliphatic rings. The topological polar surface area (TPSA) is 26.0 Å². The summed E-state index contributed by atoms with van der Waals surface area (Å²) in [5.74, 6) is 0. The lowest BCUT2D eigenvalue weighted by Gasteiger charge is -2.08. The zero-order valence-corrected chi connectivity index (χ0v) is 12.3. The van der Waals surface area contributed by atoms with E-state index in [1.807, 2.05) is 13.0 Å². The molecule has 0 heterocycles. The van der Waals surface area contributed by atoms with Crippen molar-refractivity contribution in [3.8, 4) is 0 Å². The summed E-state index contributed by atoms with van der Waals surface area (Å²) < 4.78 is 0. The van der Waals surface area contributed by atoms with Crippen LogP contribution in [0.5, 0.6) is 0 Å². The average molecular weight is 269 g/mol. The Labute approximate surface area is 120 Å². The number of rotatable bonds is 3. The van der Waals surface area contributed by atoms with E-state index in [4.69, 9.17) is 5.73 Å². The van der Waals surface area contributed by atoms with Crippen LogP contribution in [0.3, 0.4) is 0 Å². The van der Waals surface area contributed by atoms with E-state index in [1.54, 1.807) is 0 Å². The van der Waals surface area contributed by atoms with E-state index in [0.717, 1.165) is 16.9 Å². The number of hydrogen-bond donors (Lipinski definition) is 2. The Bertz CT molecular complexity index is 618. The molecule has 0 saturated carbocycles. The lowest BCUT2D eigenvalue weighted by Crippen LogP contribution is -1.96. The van der Waals surface area contributed by atoms with Gasteiger partial charge in [-0.05, 0) is 60.2 Å². The third-order valence-corrected chi connectivity index (χ3v) is 3.64. The number of allylic oxidation sites excluding steroid dienone is 6. The average Bonchev–Trinajstić information content (AvgIpc) is 2.77. The van der Waals surface area contributed by atoms with Crippen molar-refractivity contribution in [1.29, 1.82) is 0 Å². The highest BCUT2D eigenvalue weighted by atomic mass is 32.1. The van der Waals surface area contributed by atoms with Gasteiger partial charge in [-0.3, -0.25) is 0 Å². The molecular weight excluding hydrogens is 250 g/mol. The maximum Gasteiger partial charge on any atom is 0.0270 e. The van der Waals surface area contributed by atoms with Gasteiger partial charge in [0, 0.05) is 10.6 Å². The zero-order chi connectivity index (χ0) is 14.0. The van der Waals surface area contributed by atoms with Gasteiger partial charge in [-0.2, -0.15) is 0 Å². The molecule has 2 N–H and O–H groups in total. The van der Waals surface area contributed by atoms with Gasteiger partial charge in [-0.25, -0.2) is 0 Å². The summed E-state index contributed by atoms with van der Waals surface area (Å²) in [5, 5.41) is 0. The fourth-order valence-electron chi connectivity index (χ4n) is 2.21. The second-order valence-electron chi connectivity index (χ2n) is 4.96. The summed E-state index contributed by atoms with van der Waals surface area (Å²) in [6.45, 7) is 7.86. The molecule has 19 heavy (non-hydrogen) atoms. The molecule has 0 atom stereocenters. The van der Waals surface area contributed by atoms with Gasteiger partial charge >= 0.3 is 0 Å². The summed E-state index contributed by atoms with van der Waals surface area (Å²) in [7, 11) is 0. The summed E-state index contributed by atoms with van der Waals surface area (Å²) in [6, 6.07) is 6.27. The van der Waals surface area contributed by atoms with Crippen LogP contribution >= 0.6 is 12.6 Å². The van der Waals surface area contributed by atoms with E-state index < -0.39 is 0 Å². The third-order valence-electron chi connectivity index (χ3n) is 3.36. The number of thiol groups is 1. The van der Waals surface area contributed by atoms with Gasteiger partial charge in [0.1, 0.15) is 0 Å². The highest BCUT2D eigenvalue weighted by Crippen LogP contribution is 2.32. The molecule has 0 radical (unpaired) electrons. The predicted octanol–water partition coefficient (Wildman–Crippen LogP) is 4.42. The molecule has 0 fully saturated rings. The first-order valence-corrected chi connectivity index (χ1v) is 6.75. The molecule has 0 bridgehead atoms. The molecule has 0 amide bonds. The number of benzene rings is 1. The van der Waals surface area contributed by atoms with Crippen LogP contribution in [0.25, 0.3) is 5.57 Å². The van der Waals surface area contributed by atoms with Crippen molar-refractivity contribution in [3.63, 3.8) is 0 Å². The van der Waals surface area contributed by atoms with Gasteiger partial charge in [0.15, 0.2) is 0 Å². The first kappa shape index (κ1) is 13.8. The maximum absolute atomic E-state index is 5.69. The van der Waals surface area contributed by atoms with Gasteiger partial charge in [0.2, 0.25) is 0 Å². The zero-order valence-electron chi connectivity index (χ0n) is 11.4. The Hall–Kier alpha value is -1.67. The van der Waals surface area contributed by atoms with Crippen LogP contribution in [0.4, 0.5) is 0 Å². The van der Waals surface area contributed by atoms with Crippen molar-refractivity contribution >= 4 is 18.2 Å². The van der Waals surface area contributed by atoms with E-state index in [1.165, 1.54) is 22.3 Å². The molecule has 98 valence electrons. The van der Waals surface area contributed by atoms with Crippen molar-refractivity contribution in [3.05, 3.63) is 71.0 Å². The Balaban J connectivity index is 2.17. The molecular formula is C17H19NS. The monoisotopic (exact) mass is 269 g/mol. The highest BCUT2D eigenvalue weighted by molar-refractivity contribution is 7.80. The fourth-order valence-corrected chi connectivity index (χ4v) is 2.48. The molecule has 2 heteroatoms. The van der Waals surface area contributed by atoms with Crippen LogP contribution in [-0.2, 0) is 0 Å². The Morgan fingerprint density at radius 3 is 2.74 bits per heavy atom. The standard InChI is InChI=1S/C17H19NS/c1-11(13(3)18)8-14-4-5-15(10-14)17-7-6-16(19)9-12(17)2/h4-9,19H,3,10,18H2,1-2H3/b11-8-. The minimum absolute atomic E-state index is 0.630. The molecule has 0 aromatic heterocycles. The molecule has 0 aliphatic heterocycles. The molecule has 1 aliphatic carbocycles. The van der Waals surface area contributed by atoms with Crippen LogP contribution in [-0.4, -0.2) is 0 Å². The normalized spacial score (nSPS) is 15.2. The molecule has 1 aromatic rings. The van der Waals surface area contributed by atoms with Crippen molar-refractivity contribution in [2.75, 3.05) is 0 Å². The molecule has 1 aromatic carbocycles. The highest BCUT2D eigenvalue weighted by Gasteiger charge is 2.11. The minimum atomic E-state index is 0.630. The summed E-state index contributed by atoms with van der Waals surface area (Å²) in [5.41, 5.74) is 12.5. The van der Waals surface area contributed by atoms with E-state index in [9.17, 15) is 0 Å². The van der Waals surface area contributed by atoms with Crippen molar-refractivity contribution in [1.82, 2.24) is 0 Å². The number of hydrogen-bond acceptors (Lipinski definition) is 2.